The lowest BCUT2D eigenvalue weighted by Crippen LogP contribution is -2.15. The van der Waals surface area contributed by atoms with Gasteiger partial charge in [0.25, 0.3) is 0 Å². The van der Waals surface area contributed by atoms with E-state index in [1.54, 1.807) is 48.5 Å². The van der Waals surface area contributed by atoms with Gasteiger partial charge in [0.05, 0.1) is 0 Å². The molecule has 0 aromatic heterocycles. The summed E-state index contributed by atoms with van der Waals surface area (Å²) in [4.78, 5) is 0. The van der Waals surface area contributed by atoms with E-state index in [1.165, 1.54) is 57.8 Å². The van der Waals surface area contributed by atoms with Crippen molar-refractivity contribution in [2.24, 2.45) is 5.92 Å². The van der Waals surface area contributed by atoms with Gasteiger partial charge in [0.15, 0.2) is 23.3 Å². The first kappa shape index (κ1) is 33.3. The highest BCUT2D eigenvalue weighted by atomic mass is 19.2. The van der Waals surface area contributed by atoms with Gasteiger partial charge in [0.1, 0.15) is 0 Å². The summed E-state index contributed by atoms with van der Waals surface area (Å²) in [6.07, 6.45) is 18.7. The molecule has 43 heavy (non-hydrogen) atoms. The average Bonchev–Trinajstić information content (AvgIpc) is 3.02. The number of unbranched alkanes of at least 4 members (excludes halogenated alkanes) is 9. The van der Waals surface area contributed by atoms with Crippen molar-refractivity contribution in [2.75, 3.05) is 0 Å². The summed E-state index contributed by atoms with van der Waals surface area (Å²) in [6.45, 7) is 4.42. The van der Waals surface area contributed by atoms with E-state index in [0.717, 1.165) is 44.9 Å². The fraction of sp³-hybridized carbons (Fsp3) is 0.538. The third-order valence-electron chi connectivity index (χ3n) is 9.58. The third-order valence-corrected chi connectivity index (χ3v) is 9.58. The van der Waals surface area contributed by atoms with Crippen LogP contribution in [0.15, 0.2) is 48.5 Å². The van der Waals surface area contributed by atoms with E-state index in [1.807, 2.05) is 0 Å². The Balaban J connectivity index is 1.36. The van der Waals surface area contributed by atoms with Crippen LogP contribution in [0.1, 0.15) is 134 Å². The maximum atomic E-state index is 15.3. The quantitative estimate of drug-likeness (QED) is 0.114. The number of hydrogen-bond acceptors (Lipinski definition) is 0. The maximum absolute atomic E-state index is 15.3. The van der Waals surface area contributed by atoms with Crippen molar-refractivity contribution in [1.82, 2.24) is 0 Å². The molecule has 0 saturated heterocycles. The normalized spacial score (nSPS) is 17.0. The zero-order valence-corrected chi connectivity index (χ0v) is 26.3. The summed E-state index contributed by atoms with van der Waals surface area (Å²) in [5.74, 6) is -2.47. The Labute approximate surface area is 257 Å². The largest absolute Gasteiger partial charge is 0.203 e. The Morgan fingerprint density at radius 3 is 1.63 bits per heavy atom. The third kappa shape index (κ3) is 8.96. The van der Waals surface area contributed by atoms with Gasteiger partial charge in [0, 0.05) is 11.1 Å². The summed E-state index contributed by atoms with van der Waals surface area (Å²) >= 11 is 0. The molecular formula is C39H50F4. The zero-order valence-electron chi connectivity index (χ0n) is 26.3. The molecule has 0 heterocycles. The molecule has 3 aromatic rings. The number of benzene rings is 3. The standard InChI is InChI=1S/C39H50F4/c1-3-5-7-8-9-10-11-13-15-32-24-25-33(37(41)36(32)40)30-20-22-31(23-21-30)35-27-26-34(38(42)39(35)43)29-18-16-28(17-19-29)14-12-6-4-2/h20-29H,3-19H2,1-2H3. The van der Waals surface area contributed by atoms with Gasteiger partial charge in [-0.2, -0.15) is 0 Å². The number of aryl methyl sites for hydroxylation is 1. The van der Waals surface area contributed by atoms with E-state index in [9.17, 15) is 4.39 Å². The second-order valence-electron chi connectivity index (χ2n) is 12.7. The molecule has 0 unspecified atom stereocenters. The summed E-state index contributed by atoms with van der Waals surface area (Å²) < 4.78 is 60.6. The fourth-order valence-electron chi connectivity index (χ4n) is 6.83. The van der Waals surface area contributed by atoms with Crippen LogP contribution >= 0.6 is 0 Å². The Morgan fingerprint density at radius 2 is 1.02 bits per heavy atom. The Morgan fingerprint density at radius 1 is 0.512 bits per heavy atom. The molecule has 0 atom stereocenters. The lowest BCUT2D eigenvalue weighted by Gasteiger charge is -2.29. The number of rotatable bonds is 16. The van der Waals surface area contributed by atoms with Crippen molar-refractivity contribution < 1.29 is 17.6 Å². The summed E-state index contributed by atoms with van der Waals surface area (Å²) in [5, 5.41) is 0. The topological polar surface area (TPSA) is 0 Å². The van der Waals surface area contributed by atoms with Gasteiger partial charge in [-0.3, -0.25) is 0 Å². The van der Waals surface area contributed by atoms with E-state index in [2.05, 4.69) is 13.8 Å². The predicted molar refractivity (Wildman–Crippen MR) is 172 cm³/mol. The van der Waals surface area contributed by atoms with Crippen LogP contribution in [0.3, 0.4) is 0 Å². The second-order valence-corrected chi connectivity index (χ2v) is 12.7. The van der Waals surface area contributed by atoms with Crippen molar-refractivity contribution in [1.29, 1.82) is 0 Å². The Hall–Kier alpha value is -2.62. The minimum absolute atomic E-state index is 0.0599. The van der Waals surface area contributed by atoms with E-state index < -0.39 is 23.3 Å². The van der Waals surface area contributed by atoms with Crippen LogP contribution in [0.5, 0.6) is 0 Å². The predicted octanol–water partition coefficient (Wildman–Crippen LogP) is 13.1. The number of halogens is 4. The Bertz CT molecular complexity index is 1270. The van der Waals surface area contributed by atoms with Crippen LogP contribution in [0, 0.1) is 29.2 Å². The fourth-order valence-corrected chi connectivity index (χ4v) is 6.83. The highest BCUT2D eigenvalue weighted by molar-refractivity contribution is 5.71. The van der Waals surface area contributed by atoms with Gasteiger partial charge in [-0.1, -0.05) is 133 Å². The van der Waals surface area contributed by atoms with Crippen molar-refractivity contribution in [3.63, 3.8) is 0 Å². The van der Waals surface area contributed by atoms with Crippen molar-refractivity contribution in [2.45, 2.75) is 129 Å². The molecule has 0 spiro atoms. The lowest BCUT2D eigenvalue weighted by molar-refractivity contribution is 0.298. The summed E-state index contributed by atoms with van der Waals surface area (Å²) in [7, 11) is 0. The first-order valence-electron chi connectivity index (χ1n) is 17.0. The van der Waals surface area contributed by atoms with E-state index >= 15 is 13.2 Å². The summed E-state index contributed by atoms with van der Waals surface area (Å²) in [6, 6.07) is 13.3. The number of hydrogen-bond donors (Lipinski definition) is 0. The molecular weight excluding hydrogens is 544 g/mol. The van der Waals surface area contributed by atoms with E-state index in [-0.39, 0.29) is 17.0 Å². The highest BCUT2D eigenvalue weighted by Gasteiger charge is 2.26. The SMILES string of the molecule is CCCCCCCCCCc1ccc(-c2ccc(-c3ccc(C4CCC(CCCCC)CC4)c(F)c3F)cc2)c(F)c1F. The first-order chi connectivity index (χ1) is 20.9. The lowest BCUT2D eigenvalue weighted by atomic mass is 9.76. The van der Waals surface area contributed by atoms with Gasteiger partial charge in [-0.05, 0) is 72.6 Å². The second kappa shape index (κ2) is 17.0. The molecule has 0 radical (unpaired) electrons. The molecule has 1 saturated carbocycles. The minimum atomic E-state index is -0.855. The molecule has 4 heteroatoms. The zero-order chi connectivity index (χ0) is 30.6. The van der Waals surface area contributed by atoms with E-state index in [4.69, 9.17) is 0 Å². The molecule has 0 bridgehead atoms. The van der Waals surface area contributed by atoms with Gasteiger partial charge >= 0.3 is 0 Å². The van der Waals surface area contributed by atoms with Gasteiger partial charge in [-0.25, -0.2) is 17.6 Å². The van der Waals surface area contributed by atoms with Gasteiger partial charge < -0.3 is 0 Å². The molecule has 234 valence electrons. The average molecular weight is 595 g/mol. The minimum Gasteiger partial charge on any atom is -0.203 e. The van der Waals surface area contributed by atoms with Crippen molar-refractivity contribution in [3.05, 3.63) is 82.9 Å². The van der Waals surface area contributed by atoms with Crippen LogP contribution < -0.4 is 0 Å². The highest BCUT2D eigenvalue weighted by Crippen LogP contribution is 2.40. The molecule has 0 N–H and O–H groups in total. The molecule has 3 aromatic carbocycles. The molecule has 1 fully saturated rings. The van der Waals surface area contributed by atoms with Crippen molar-refractivity contribution >= 4 is 0 Å². The van der Waals surface area contributed by atoms with Crippen LogP contribution in [0.4, 0.5) is 17.6 Å². The van der Waals surface area contributed by atoms with Crippen LogP contribution in [0.25, 0.3) is 22.3 Å². The molecule has 1 aliphatic carbocycles. The smallest absolute Gasteiger partial charge is 0.166 e. The maximum Gasteiger partial charge on any atom is 0.166 e. The van der Waals surface area contributed by atoms with E-state index in [0.29, 0.717) is 34.6 Å². The molecule has 0 nitrogen and oxygen atoms in total. The molecule has 4 rings (SSSR count). The summed E-state index contributed by atoms with van der Waals surface area (Å²) in [5.41, 5.74) is 2.27. The molecule has 0 aliphatic heterocycles. The monoisotopic (exact) mass is 594 g/mol. The van der Waals surface area contributed by atoms with Gasteiger partial charge in [0.2, 0.25) is 0 Å². The van der Waals surface area contributed by atoms with Gasteiger partial charge in [-0.15, -0.1) is 0 Å². The first-order valence-corrected chi connectivity index (χ1v) is 17.0. The van der Waals surface area contributed by atoms with Crippen LogP contribution in [0.2, 0.25) is 0 Å². The van der Waals surface area contributed by atoms with Crippen molar-refractivity contribution in [3.8, 4) is 22.3 Å². The Kier molecular flexibility index (Phi) is 13.2. The molecule has 0 amide bonds. The van der Waals surface area contributed by atoms with Crippen LogP contribution in [-0.2, 0) is 6.42 Å². The van der Waals surface area contributed by atoms with Crippen LogP contribution in [-0.4, -0.2) is 0 Å². The molecule has 1 aliphatic rings.